The van der Waals surface area contributed by atoms with Gasteiger partial charge in [0.05, 0.1) is 27.8 Å². The molecule has 9 aromatic carbocycles. The smallest absolute Gasteiger partial charge is 0.238 e. The molecule has 13 aromatic rings. The van der Waals surface area contributed by atoms with Crippen LogP contribution < -0.4 is 0 Å². The summed E-state index contributed by atoms with van der Waals surface area (Å²) in [7, 11) is 0. The molecule has 0 N–H and O–H groups in total. The van der Waals surface area contributed by atoms with Crippen molar-refractivity contribution >= 4 is 65.6 Å². The van der Waals surface area contributed by atoms with Crippen LogP contribution in [-0.4, -0.2) is 24.1 Å². The van der Waals surface area contributed by atoms with Crippen LogP contribution >= 0.6 is 0 Å². The largest absolute Gasteiger partial charge is 0.456 e. The Morgan fingerprint density at radius 1 is 0.317 bits per heavy atom. The second-order valence-electron chi connectivity index (χ2n) is 15.9. The summed E-state index contributed by atoms with van der Waals surface area (Å²) in [5, 5.41) is 6.49. The van der Waals surface area contributed by atoms with Gasteiger partial charge in [-0.2, -0.15) is 9.97 Å². The van der Waals surface area contributed by atoms with Crippen LogP contribution in [0.5, 0.6) is 0 Å². The fraction of sp³-hybridized carbons (Fsp3) is 0. The second kappa shape index (κ2) is 14.0. The lowest BCUT2D eigenvalue weighted by Crippen LogP contribution is -2.07. The summed E-state index contributed by atoms with van der Waals surface area (Å²) >= 11 is 0. The molecule has 13 rings (SSSR count). The quantitative estimate of drug-likeness (QED) is 0.168. The molecule has 6 heteroatoms. The highest BCUT2D eigenvalue weighted by molar-refractivity contribution is 6.24. The summed E-state index contributed by atoms with van der Waals surface area (Å²) < 4.78 is 11.1. The molecule has 4 aromatic heterocycles. The van der Waals surface area contributed by atoms with Crippen LogP contribution in [0, 0.1) is 0 Å². The van der Waals surface area contributed by atoms with E-state index < -0.39 is 0 Å². The summed E-state index contributed by atoms with van der Waals surface area (Å²) in [5.41, 5.74) is 13.2. The zero-order chi connectivity index (χ0) is 41.4. The average Bonchev–Trinajstić information content (AvgIpc) is 4.02. The fourth-order valence-corrected chi connectivity index (χ4v) is 9.69. The summed E-state index contributed by atoms with van der Waals surface area (Å²) in [5.74, 6) is 1.68. The van der Waals surface area contributed by atoms with E-state index in [4.69, 9.17) is 19.4 Å². The molecule has 0 radical (unpaired) electrons. The summed E-state index contributed by atoms with van der Waals surface area (Å²) in [6, 6.07) is 74.5. The minimum absolute atomic E-state index is 0.527. The van der Waals surface area contributed by atoms with E-state index in [9.17, 15) is 0 Å². The molecule has 0 amide bonds. The van der Waals surface area contributed by atoms with Crippen LogP contribution in [0.3, 0.4) is 0 Å². The Balaban J connectivity index is 1.21. The van der Waals surface area contributed by atoms with Gasteiger partial charge in [0.2, 0.25) is 5.95 Å². The molecule has 0 aliphatic carbocycles. The minimum Gasteiger partial charge on any atom is -0.456 e. The monoisotopic (exact) mass is 805 g/mol. The van der Waals surface area contributed by atoms with E-state index in [2.05, 4.69) is 173 Å². The van der Waals surface area contributed by atoms with Gasteiger partial charge in [-0.1, -0.05) is 188 Å². The van der Waals surface area contributed by atoms with Crippen LogP contribution in [-0.2, 0) is 0 Å². The second-order valence-corrected chi connectivity index (χ2v) is 15.9. The molecular weight excluding hydrogens is 771 g/mol. The van der Waals surface area contributed by atoms with Gasteiger partial charge in [0.25, 0.3) is 0 Å². The molecule has 4 heterocycles. The molecule has 0 unspecified atom stereocenters. The van der Waals surface area contributed by atoms with Crippen LogP contribution in [0.1, 0.15) is 0 Å². The molecule has 0 fully saturated rings. The van der Waals surface area contributed by atoms with E-state index in [1.165, 1.54) is 0 Å². The van der Waals surface area contributed by atoms with Crippen LogP contribution in [0.25, 0.3) is 122 Å². The standard InChI is InChI=1S/C57H35N5O/c1-4-18-36(19-5-1)39-27-16-28-40(37-20-6-2-7-21-37)52(39)61-47-30-13-10-24-41(47)43-34-35-44-42-25-11-14-31-48(42)62(54(44)53(43)61)57-59-55(38-22-8-3-9-23-38)58-56(60-57)46-29-17-33-50-51(46)45-26-12-15-32-49(45)63-50/h1-35H. The maximum absolute atomic E-state index is 6.38. The van der Waals surface area contributed by atoms with Crippen molar-refractivity contribution < 1.29 is 4.42 Å². The predicted octanol–water partition coefficient (Wildman–Crippen LogP) is 14.6. The van der Waals surface area contributed by atoms with Crippen molar-refractivity contribution in [3.63, 3.8) is 0 Å². The molecule has 0 aliphatic heterocycles. The van der Waals surface area contributed by atoms with Gasteiger partial charge < -0.3 is 8.98 Å². The van der Waals surface area contributed by atoms with Crippen LogP contribution in [0.2, 0.25) is 0 Å². The lowest BCUT2D eigenvalue weighted by Gasteiger charge is -2.20. The van der Waals surface area contributed by atoms with E-state index in [1.807, 2.05) is 48.5 Å². The van der Waals surface area contributed by atoms with Crippen molar-refractivity contribution in [2.24, 2.45) is 0 Å². The van der Waals surface area contributed by atoms with Crippen molar-refractivity contribution in [2.45, 2.75) is 0 Å². The van der Waals surface area contributed by atoms with E-state index in [0.717, 1.165) is 105 Å². The number of benzene rings is 9. The zero-order valence-electron chi connectivity index (χ0n) is 33.9. The van der Waals surface area contributed by atoms with Crippen molar-refractivity contribution in [3.8, 4) is 56.7 Å². The third-order valence-corrected chi connectivity index (χ3v) is 12.4. The van der Waals surface area contributed by atoms with Crippen LogP contribution in [0.4, 0.5) is 0 Å². The third kappa shape index (κ3) is 5.41. The maximum atomic E-state index is 6.38. The first kappa shape index (κ1) is 35.2. The fourth-order valence-electron chi connectivity index (χ4n) is 9.69. The van der Waals surface area contributed by atoms with E-state index >= 15 is 0 Å². The van der Waals surface area contributed by atoms with Gasteiger partial charge in [0, 0.05) is 54.6 Å². The molecular formula is C57H35N5O. The van der Waals surface area contributed by atoms with E-state index in [1.54, 1.807) is 0 Å². The van der Waals surface area contributed by atoms with Gasteiger partial charge in [-0.15, -0.1) is 0 Å². The summed E-state index contributed by atoms with van der Waals surface area (Å²) in [4.78, 5) is 16.1. The number of hydrogen-bond donors (Lipinski definition) is 0. The van der Waals surface area contributed by atoms with Gasteiger partial charge in [-0.3, -0.25) is 4.57 Å². The first-order valence-corrected chi connectivity index (χ1v) is 21.2. The van der Waals surface area contributed by atoms with Gasteiger partial charge in [0.1, 0.15) is 11.2 Å². The SMILES string of the molecule is c1ccc(-c2nc(-c3cccc4oc5ccccc5c34)nc(-n3c4ccccc4c4ccc5c6ccccc6n(-c6c(-c7ccccc7)cccc6-c6ccccc6)c5c43)n2)cc1. The number of aromatic nitrogens is 5. The number of fused-ring (bicyclic) bond motifs is 10. The van der Waals surface area contributed by atoms with Crippen molar-refractivity contribution in [1.29, 1.82) is 0 Å². The first-order valence-electron chi connectivity index (χ1n) is 21.2. The molecule has 294 valence electrons. The van der Waals surface area contributed by atoms with Crippen molar-refractivity contribution in [3.05, 3.63) is 212 Å². The van der Waals surface area contributed by atoms with Gasteiger partial charge in [-0.05, 0) is 35.4 Å². The van der Waals surface area contributed by atoms with E-state index in [-0.39, 0.29) is 0 Å². The summed E-state index contributed by atoms with van der Waals surface area (Å²) in [6.45, 7) is 0. The topological polar surface area (TPSA) is 61.7 Å². The van der Waals surface area contributed by atoms with Gasteiger partial charge in [0.15, 0.2) is 11.6 Å². The Kier molecular flexibility index (Phi) is 7.80. The number of rotatable bonds is 6. The Bertz CT molecular complexity index is 3850. The molecule has 0 bridgehead atoms. The Morgan fingerprint density at radius 2 is 0.794 bits per heavy atom. The lowest BCUT2D eigenvalue weighted by molar-refractivity contribution is 0.669. The average molecular weight is 806 g/mol. The normalized spacial score (nSPS) is 11.8. The number of hydrogen-bond acceptors (Lipinski definition) is 4. The predicted molar refractivity (Wildman–Crippen MR) is 258 cm³/mol. The molecule has 0 atom stereocenters. The molecule has 6 nitrogen and oxygen atoms in total. The third-order valence-electron chi connectivity index (χ3n) is 12.4. The molecule has 63 heavy (non-hydrogen) atoms. The first-order chi connectivity index (χ1) is 31.3. The Hall–Kier alpha value is -8.61. The zero-order valence-corrected chi connectivity index (χ0v) is 33.9. The molecule has 0 aliphatic rings. The maximum Gasteiger partial charge on any atom is 0.238 e. The lowest BCUT2D eigenvalue weighted by atomic mass is 9.95. The molecule has 0 spiro atoms. The minimum atomic E-state index is 0.527. The number of para-hydroxylation sites is 4. The van der Waals surface area contributed by atoms with Gasteiger partial charge >= 0.3 is 0 Å². The van der Waals surface area contributed by atoms with Crippen LogP contribution in [0.15, 0.2) is 217 Å². The highest BCUT2D eigenvalue weighted by Gasteiger charge is 2.26. The molecule has 0 saturated heterocycles. The van der Waals surface area contributed by atoms with Crippen molar-refractivity contribution in [1.82, 2.24) is 24.1 Å². The summed E-state index contributed by atoms with van der Waals surface area (Å²) in [6.07, 6.45) is 0. The number of nitrogens with zero attached hydrogens (tertiary/aromatic N) is 5. The Morgan fingerprint density at radius 3 is 1.44 bits per heavy atom. The molecule has 0 saturated carbocycles. The van der Waals surface area contributed by atoms with E-state index in [0.29, 0.717) is 17.6 Å². The highest BCUT2D eigenvalue weighted by atomic mass is 16.3. The Labute approximate surface area is 361 Å². The van der Waals surface area contributed by atoms with Gasteiger partial charge in [-0.25, -0.2) is 4.98 Å². The van der Waals surface area contributed by atoms with Crippen molar-refractivity contribution in [2.75, 3.05) is 0 Å². The highest BCUT2D eigenvalue weighted by Crippen LogP contribution is 2.46. The number of furan rings is 1.